The average molecular weight is 307 g/mol. The zero-order valence-electron chi connectivity index (χ0n) is 12.2. The largest absolute Gasteiger partial charge is 0.310 e. The monoisotopic (exact) mass is 307 g/mol. The van der Waals surface area contributed by atoms with Gasteiger partial charge < -0.3 is 5.32 Å². The van der Waals surface area contributed by atoms with E-state index in [-0.39, 0.29) is 17.7 Å². The lowest BCUT2D eigenvalue weighted by Crippen LogP contribution is -2.20. The molecule has 21 heavy (non-hydrogen) atoms. The van der Waals surface area contributed by atoms with Gasteiger partial charge in [-0.2, -0.15) is 0 Å². The topological polar surface area (TPSA) is 12.0 Å². The van der Waals surface area contributed by atoms with Crippen molar-refractivity contribution in [1.82, 2.24) is 5.32 Å². The Labute approximate surface area is 128 Å². The standard InChI is InChI=1S/C17H19F2NS/c1-3-10-20-12(2)16-11-14(19)6-9-17(16)21-15-7-4-13(18)5-8-15/h4-9,11-12,20H,3,10H2,1-2H3. The van der Waals surface area contributed by atoms with Gasteiger partial charge in [-0.25, -0.2) is 8.78 Å². The lowest BCUT2D eigenvalue weighted by Gasteiger charge is -2.17. The number of benzene rings is 2. The number of hydrogen-bond donors (Lipinski definition) is 1. The molecule has 1 unspecified atom stereocenters. The number of nitrogens with one attached hydrogen (secondary N) is 1. The summed E-state index contributed by atoms with van der Waals surface area (Å²) in [5.74, 6) is -0.490. The first kappa shape index (κ1) is 16.0. The van der Waals surface area contributed by atoms with E-state index < -0.39 is 0 Å². The Hall–Kier alpha value is -1.39. The molecule has 1 atom stereocenters. The predicted octanol–water partition coefficient (Wildman–Crippen LogP) is 5.18. The molecule has 0 bridgehead atoms. The van der Waals surface area contributed by atoms with Gasteiger partial charge in [-0.05, 0) is 67.9 Å². The van der Waals surface area contributed by atoms with E-state index in [1.54, 1.807) is 24.3 Å². The van der Waals surface area contributed by atoms with Crippen LogP contribution in [-0.2, 0) is 0 Å². The highest BCUT2D eigenvalue weighted by molar-refractivity contribution is 7.99. The smallest absolute Gasteiger partial charge is 0.123 e. The molecule has 0 aliphatic heterocycles. The molecule has 0 spiro atoms. The van der Waals surface area contributed by atoms with Gasteiger partial charge in [0.2, 0.25) is 0 Å². The molecule has 0 aliphatic carbocycles. The minimum atomic E-state index is -0.253. The van der Waals surface area contributed by atoms with Crippen molar-refractivity contribution in [3.8, 4) is 0 Å². The fourth-order valence-corrected chi connectivity index (χ4v) is 3.07. The van der Waals surface area contributed by atoms with Crippen LogP contribution >= 0.6 is 11.8 Å². The van der Waals surface area contributed by atoms with Gasteiger partial charge in [-0.1, -0.05) is 18.7 Å². The molecule has 2 rings (SSSR count). The Balaban J connectivity index is 2.23. The molecular formula is C17H19F2NS. The minimum Gasteiger partial charge on any atom is -0.310 e. The molecule has 0 radical (unpaired) electrons. The van der Waals surface area contributed by atoms with E-state index in [1.807, 2.05) is 6.92 Å². The van der Waals surface area contributed by atoms with Crippen LogP contribution in [-0.4, -0.2) is 6.54 Å². The molecule has 4 heteroatoms. The van der Waals surface area contributed by atoms with E-state index in [2.05, 4.69) is 12.2 Å². The second kappa shape index (κ2) is 7.57. The van der Waals surface area contributed by atoms with Crippen molar-refractivity contribution in [3.63, 3.8) is 0 Å². The first-order valence-corrected chi connectivity index (χ1v) is 7.88. The SMILES string of the molecule is CCCNC(C)c1cc(F)ccc1Sc1ccc(F)cc1. The summed E-state index contributed by atoms with van der Waals surface area (Å²) in [4.78, 5) is 1.92. The van der Waals surface area contributed by atoms with Crippen LogP contribution in [0.3, 0.4) is 0 Å². The Morgan fingerprint density at radius 3 is 2.38 bits per heavy atom. The maximum Gasteiger partial charge on any atom is 0.123 e. The predicted molar refractivity (Wildman–Crippen MR) is 83.6 cm³/mol. The van der Waals surface area contributed by atoms with Gasteiger partial charge in [-0.3, -0.25) is 0 Å². The Morgan fingerprint density at radius 1 is 1.05 bits per heavy atom. The minimum absolute atomic E-state index is 0.0728. The van der Waals surface area contributed by atoms with Crippen LogP contribution in [0, 0.1) is 11.6 Å². The van der Waals surface area contributed by atoms with Crippen LogP contribution in [0.1, 0.15) is 31.9 Å². The van der Waals surface area contributed by atoms with Crippen molar-refractivity contribution in [2.24, 2.45) is 0 Å². The number of rotatable bonds is 6. The number of halogens is 2. The summed E-state index contributed by atoms with van der Waals surface area (Å²) in [5.41, 5.74) is 0.928. The second-order valence-electron chi connectivity index (χ2n) is 4.91. The van der Waals surface area contributed by atoms with Crippen molar-refractivity contribution >= 4 is 11.8 Å². The highest BCUT2D eigenvalue weighted by Gasteiger charge is 2.12. The highest BCUT2D eigenvalue weighted by atomic mass is 32.2. The second-order valence-corrected chi connectivity index (χ2v) is 6.03. The first-order chi connectivity index (χ1) is 10.1. The lowest BCUT2D eigenvalue weighted by molar-refractivity contribution is 0.554. The zero-order valence-corrected chi connectivity index (χ0v) is 13.0. The number of hydrogen-bond acceptors (Lipinski definition) is 2. The van der Waals surface area contributed by atoms with E-state index >= 15 is 0 Å². The van der Waals surface area contributed by atoms with E-state index in [0.717, 1.165) is 28.3 Å². The summed E-state index contributed by atoms with van der Waals surface area (Å²) in [6.45, 7) is 5.01. The van der Waals surface area contributed by atoms with Gasteiger partial charge in [0.25, 0.3) is 0 Å². The van der Waals surface area contributed by atoms with Crippen molar-refractivity contribution in [2.75, 3.05) is 6.54 Å². The van der Waals surface area contributed by atoms with E-state index in [1.165, 1.54) is 30.0 Å². The molecule has 0 fully saturated rings. The van der Waals surface area contributed by atoms with Crippen molar-refractivity contribution < 1.29 is 8.78 Å². The van der Waals surface area contributed by atoms with Gasteiger partial charge >= 0.3 is 0 Å². The third-order valence-corrected chi connectivity index (χ3v) is 4.28. The molecule has 0 saturated heterocycles. The first-order valence-electron chi connectivity index (χ1n) is 7.06. The van der Waals surface area contributed by atoms with Gasteiger partial charge in [0.1, 0.15) is 11.6 Å². The molecule has 0 aliphatic rings. The summed E-state index contributed by atoms with van der Waals surface area (Å²) in [7, 11) is 0. The van der Waals surface area contributed by atoms with Crippen LogP contribution in [0.2, 0.25) is 0 Å². The third-order valence-electron chi connectivity index (χ3n) is 3.18. The molecule has 0 heterocycles. The molecule has 1 nitrogen and oxygen atoms in total. The Bertz CT molecular complexity index is 584. The molecule has 2 aromatic carbocycles. The van der Waals surface area contributed by atoms with Gasteiger partial charge in [0.15, 0.2) is 0 Å². The summed E-state index contributed by atoms with van der Waals surface area (Å²) in [6, 6.07) is 11.2. The summed E-state index contributed by atoms with van der Waals surface area (Å²) >= 11 is 1.52. The molecule has 0 aromatic heterocycles. The summed E-state index contributed by atoms with van der Waals surface area (Å²) in [5, 5.41) is 3.37. The van der Waals surface area contributed by atoms with Crippen LogP contribution in [0.5, 0.6) is 0 Å². The Morgan fingerprint density at radius 2 is 1.71 bits per heavy atom. The normalized spacial score (nSPS) is 12.4. The van der Waals surface area contributed by atoms with E-state index in [9.17, 15) is 8.78 Å². The Kier molecular flexibility index (Phi) is 5.76. The quantitative estimate of drug-likeness (QED) is 0.789. The third kappa shape index (κ3) is 4.55. The maximum absolute atomic E-state index is 13.5. The van der Waals surface area contributed by atoms with Crippen molar-refractivity contribution in [2.45, 2.75) is 36.1 Å². The molecule has 112 valence electrons. The molecule has 2 aromatic rings. The van der Waals surface area contributed by atoms with Crippen molar-refractivity contribution in [1.29, 1.82) is 0 Å². The molecular weight excluding hydrogens is 288 g/mol. The average Bonchev–Trinajstić information content (AvgIpc) is 2.49. The fourth-order valence-electron chi connectivity index (χ4n) is 2.05. The van der Waals surface area contributed by atoms with Crippen LogP contribution in [0.4, 0.5) is 8.78 Å². The maximum atomic E-state index is 13.5. The van der Waals surface area contributed by atoms with Crippen LogP contribution in [0.15, 0.2) is 52.3 Å². The lowest BCUT2D eigenvalue weighted by atomic mass is 10.1. The molecule has 0 saturated carbocycles. The van der Waals surface area contributed by atoms with Crippen molar-refractivity contribution in [3.05, 3.63) is 59.7 Å². The van der Waals surface area contributed by atoms with E-state index in [0.29, 0.717) is 0 Å². The fraction of sp³-hybridized carbons (Fsp3) is 0.294. The highest BCUT2D eigenvalue weighted by Crippen LogP contribution is 2.33. The van der Waals surface area contributed by atoms with Crippen LogP contribution < -0.4 is 5.32 Å². The van der Waals surface area contributed by atoms with Gasteiger partial charge in [0, 0.05) is 15.8 Å². The van der Waals surface area contributed by atoms with Gasteiger partial charge in [-0.15, -0.1) is 0 Å². The molecule has 0 amide bonds. The van der Waals surface area contributed by atoms with Gasteiger partial charge in [0.05, 0.1) is 0 Å². The van der Waals surface area contributed by atoms with Crippen LogP contribution in [0.25, 0.3) is 0 Å². The zero-order chi connectivity index (χ0) is 15.2. The summed E-state index contributed by atoms with van der Waals surface area (Å²) in [6.07, 6.45) is 1.03. The van der Waals surface area contributed by atoms with E-state index in [4.69, 9.17) is 0 Å². The summed E-state index contributed by atoms with van der Waals surface area (Å²) < 4.78 is 26.5. The molecule has 1 N–H and O–H groups in total.